The van der Waals surface area contributed by atoms with Crippen LogP contribution in [0.1, 0.15) is 15.9 Å². The van der Waals surface area contributed by atoms with Gasteiger partial charge in [0.25, 0.3) is 0 Å². The van der Waals surface area contributed by atoms with Gasteiger partial charge in [-0.05, 0) is 24.3 Å². The monoisotopic (exact) mass is 386 g/mol. The lowest BCUT2D eigenvalue weighted by molar-refractivity contribution is 0.0601. The Morgan fingerprint density at radius 1 is 1.15 bits per heavy atom. The maximum atomic E-state index is 13.7. The van der Waals surface area contributed by atoms with E-state index in [2.05, 4.69) is 20.6 Å². The lowest BCUT2D eigenvalue weighted by Crippen LogP contribution is -2.05. The van der Waals surface area contributed by atoms with Gasteiger partial charge in [0, 0.05) is 18.2 Å². The molecule has 27 heavy (non-hydrogen) atoms. The van der Waals surface area contributed by atoms with Crippen LogP contribution in [0.4, 0.5) is 21.7 Å². The molecule has 0 saturated carbocycles. The molecule has 1 aromatic heterocycles. The second kappa shape index (κ2) is 8.46. The summed E-state index contributed by atoms with van der Waals surface area (Å²) in [7, 11) is 1.31. The van der Waals surface area contributed by atoms with E-state index in [0.29, 0.717) is 33.5 Å². The molecule has 2 aromatic carbocycles. The number of nitrogens with zero attached hydrogens (tertiary/aromatic N) is 2. The van der Waals surface area contributed by atoms with Crippen molar-refractivity contribution in [3.8, 4) is 0 Å². The van der Waals surface area contributed by atoms with Gasteiger partial charge in [-0.3, -0.25) is 0 Å². The van der Waals surface area contributed by atoms with E-state index in [1.807, 2.05) is 0 Å². The fourth-order valence-electron chi connectivity index (χ4n) is 2.35. The first-order valence-electron chi connectivity index (χ1n) is 8.01. The third kappa shape index (κ3) is 4.71. The van der Waals surface area contributed by atoms with Gasteiger partial charge in [-0.1, -0.05) is 29.8 Å². The highest BCUT2D eigenvalue weighted by atomic mass is 35.5. The van der Waals surface area contributed by atoms with Gasteiger partial charge in [0.15, 0.2) is 0 Å². The van der Waals surface area contributed by atoms with Crippen LogP contribution in [0.2, 0.25) is 5.02 Å². The summed E-state index contributed by atoms with van der Waals surface area (Å²) in [5.74, 6) is 0.217. The van der Waals surface area contributed by atoms with Crippen LogP contribution < -0.4 is 10.6 Å². The number of aromatic nitrogens is 2. The van der Waals surface area contributed by atoms with Crippen LogP contribution >= 0.6 is 11.6 Å². The summed E-state index contributed by atoms with van der Waals surface area (Å²) in [4.78, 5) is 19.9. The molecular weight excluding hydrogens is 371 g/mol. The third-order valence-corrected chi connectivity index (χ3v) is 4.06. The molecule has 0 aliphatic rings. The van der Waals surface area contributed by atoms with E-state index in [9.17, 15) is 9.18 Å². The predicted molar refractivity (Wildman–Crippen MR) is 102 cm³/mol. The Labute approximate surface area is 160 Å². The molecule has 0 saturated heterocycles. The molecule has 3 aromatic rings. The Hall–Kier alpha value is -3.19. The summed E-state index contributed by atoms with van der Waals surface area (Å²) >= 11 is 6.18. The Morgan fingerprint density at radius 3 is 2.70 bits per heavy atom. The van der Waals surface area contributed by atoms with Crippen molar-refractivity contribution in [3.63, 3.8) is 0 Å². The van der Waals surface area contributed by atoms with Crippen LogP contribution in [0.3, 0.4) is 0 Å². The van der Waals surface area contributed by atoms with Crippen LogP contribution in [0.25, 0.3) is 0 Å². The first-order chi connectivity index (χ1) is 13.1. The van der Waals surface area contributed by atoms with Crippen molar-refractivity contribution >= 4 is 34.9 Å². The van der Waals surface area contributed by atoms with Crippen molar-refractivity contribution in [1.82, 2.24) is 9.97 Å². The van der Waals surface area contributed by atoms with Crippen LogP contribution in [0.5, 0.6) is 0 Å². The van der Waals surface area contributed by atoms with Crippen molar-refractivity contribution in [1.29, 1.82) is 0 Å². The SMILES string of the molecule is COC(=O)c1ccc(Cl)c(Nc2cc(NCc3ccccc3F)ncn2)c1. The molecular formula is C19H16ClFN4O2. The van der Waals surface area contributed by atoms with Gasteiger partial charge in [0.1, 0.15) is 23.8 Å². The standard InChI is InChI=1S/C19H16ClFN4O2/c1-27-19(26)12-6-7-14(20)16(8-12)25-18-9-17(23-11-24-18)22-10-13-4-2-3-5-15(13)21/h2-9,11H,10H2,1H3,(H2,22,23,24,25). The number of carbonyl (C=O) groups is 1. The molecule has 0 bridgehead atoms. The summed E-state index contributed by atoms with van der Waals surface area (Å²) in [5.41, 5.74) is 1.38. The fourth-order valence-corrected chi connectivity index (χ4v) is 2.52. The van der Waals surface area contributed by atoms with Crippen molar-refractivity contribution in [2.24, 2.45) is 0 Å². The minimum atomic E-state index is -0.468. The van der Waals surface area contributed by atoms with Crippen molar-refractivity contribution < 1.29 is 13.9 Å². The molecule has 1 heterocycles. The largest absolute Gasteiger partial charge is 0.465 e. The van der Waals surface area contributed by atoms with Gasteiger partial charge < -0.3 is 15.4 Å². The summed E-state index contributed by atoms with van der Waals surface area (Å²) in [6, 6.07) is 12.9. The fraction of sp³-hybridized carbons (Fsp3) is 0.105. The normalized spacial score (nSPS) is 10.3. The summed E-state index contributed by atoms with van der Waals surface area (Å²) in [6.45, 7) is 0.279. The van der Waals surface area contributed by atoms with Gasteiger partial charge in [-0.15, -0.1) is 0 Å². The zero-order valence-electron chi connectivity index (χ0n) is 14.4. The maximum absolute atomic E-state index is 13.7. The highest BCUT2D eigenvalue weighted by Crippen LogP contribution is 2.26. The van der Waals surface area contributed by atoms with Gasteiger partial charge in [0.2, 0.25) is 0 Å². The summed E-state index contributed by atoms with van der Waals surface area (Å²) in [6.07, 6.45) is 1.37. The number of rotatable bonds is 6. The van der Waals surface area contributed by atoms with Crippen molar-refractivity contribution in [3.05, 3.63) is 76.8 Å². The number of ether oxygens (including phenoxy) is 1. The van der Waals surface area contributed by atoms with E-state index >= 15 is 0 Å². The first kappa shape index (κ1) is 18.6. The smallest absolute Gasteiger partial charge is 0.337 e. The zero-order valence-corrected chi connectivity index (χ0v) is 15.1. The Kier molecular flexibility index (Phi) is 5.83. The lowest BCUT2D eigenvalue weighted by atomic mass is 10.2. The number of hydrogen-bond acceptors (Lipinski definition) is 6. The molecule has 138 valence electrons. The van der Waals surface area contributed by atoms with E-state index in [1.54, 1.807) is 42.5 Å². The topological polar surface area (TPSA) is 76.1 Å². The first-order valence-corrected chi connectivity index (χ1v) is 8.39. The second-order valence-corrected chi connectivity index (χ2v) is 5.95. The van der Waals surface area contributed by atoms with E-state index in [4.69, 9.17) is 16.3 Å². The molecule has 0 aliphatic carbocycles. The van der Waals surface area contributed by atoms with E-state index in [0.717, 1.165) is 0 Å². The molecule has 0 atom stereocenters. The Morgan fingerprint density at radius 2 is 1.93 bits per heavy atom. The zero-order chi connectivity index (χ0) is 19.2. The second-order valence-electron chi connectivity index (χ2n) is 5.54. The molecule has 8 heteroatoms. The molecule has 0 aliphatic heterocycles. The average Bonchev–Trinajstić information content (AvgIpc) is 2.69. The minimum Gasteiger partial charge on any atom is -0.465 e. The van der Waals surface area contributed by atoms with Gasteiger partial charge >= 0.3 is 5.97 Å². The van der Waals surface area contributed by atoms with Gasteiger partial charge in [0.05, 0.1) is 23.4 Å². The van der Waals surface area contributed by atoms with Crippen LogP contribution in [-0.2, 0) is 11.3 Å². The molecule has 6 nitrogen and oxygen atoms in total. The molecule has 2 N–H and O–H groups in total. The van der Waals surface area contributed by atoms with Crippen LogP contribution in [-0.4, -0.2) is 23.0 Å². The maximum Gasteiger partial charge on any atom is 0.337 e. The number of halogens is 2. The number of esters is 1. The number of nitrogens with one attached hydrogen (secondary N) is 2. The lowest BCUT2D eigenvalue weighted by Gasteiger charge is -2.11. The molecule has 0 radical (unpaired) electrons. The van der Waals surface area contributed by atoms with Crippen LogP contribution in [0, 0.1) is 5.82 Å². The van der Waals surface area contributed by atoms with Gasteiger partial charge in [-0.25, -0.2) is 19.2 Å². The van der Waals surface area contributed by atoms with E-state index in [1.165, 1.54) is 19.5 Å². The van der Waals surface area contributed by atoms with Crippen molar-refractivity contribution in [2.75, 3.05) is 17.7 Å². The highest BCUT2D eigenvalue weighted by molar-refractivity contribution is 6.33. The number of hydrogen-bond donors (Lipinski definition) is 2. The number of carbonyl (C=O) groups excluding carboxylic acids is 1. The molecule has 0 unspecified atom stereocenters. The summed E-state index contributed by atoms with van der Waals surface area (Å²) in [5, 5.41) is 6.50. The Balaban J connectivity index is 1.74. The molecule has 3 rings (SSSR count). The van der Waals surface area contributed by atoms with E-state index < -0.39 is 5.97 Å². The molecule has 0 amide bonds. The summed E-state index contributed by atoms with van der Waals surface area (Å²) < 4.78 is 18.4. The minimum absolute atomic E-state index is 0.279. The number of anilines is 3. The highest BCUT2D eigenvalue weighted by Gasteiger charge is 2.10. The molecule has 0 fully saturated rings. The van der Waals surface area contributed by atoms with Crippen molar-refractivity contribution in [2.45, 2.75) is 6.54 Å². The van der Waals surface area contributed by atoms with E-state index in [-0.39, 0.29) is 12.4 Å². The number of methoxy groups -OCH3 is 1. The number of benzene rings is 2. The third-order valence-electron chi connectivity index (χ3n) is 3.74. The predicted octanol–water partition coefficient (Wildman–Crippen LogP) is 4.41. The van der Waals surface area contributed by atoms with Gasteiger partial charge in [-0.2, -0.15) is 0 Å². The van der Waals surface area contributed by atoms with Crippen LogP contribution in [0.15, 0.2) is 54.9 Å². The average molecular weight is 387 g/mol. The Bertz CT molecular complexity index is 968. The molecule has 0 spiro atoms. The quantitative estimate of drug-likeness (QED) is 0.611.